The Morgan fingerprint density at radius 1 is 1.11 bits per heavy atom. The Bertz CT molecular complexity index is 955. The van der Waals surface area contributed by atoms with Gasteiger partial charge in [-0.1, -0.05) is 42.1 Å². The van der Waals surface area contributed by atoms with Gasteiger partial charge < -0.3 is 20.7 Å². The average molecular weight is 396 g/mol. The second-order valence-electron chi connectivity index (χ2n) is 6.06. The Balaban J connectivity index is 1.62. The van der Waals surface area contributed by atoms with Gasteiger partial charge >= 0.3 is 0 Å². The molecule has 28 heavy (non-hydrogen) atoms. The van der Waals surface area contributed by atoms with Gasteiger partial charge in [0.25, 0.3) is 0 Å². The van der Waals surface area contributed by atoms with E-state index in [1.807, 2.05) is 34.9 Å². The molecular formula is C20H20N4O3S. The van der Waals surface area contributed by atoms with Gasteiger partial charge in [-0.15, -0.1) is 0 Å². The van der Waals surface area contributed by atoms with E-state index in [0.717, 1.165) is 5.56 Å². The van der Waals surface area contributed by atoms with Crippen molar-refractivity contribution in [3.8, 4) is 0 Å². The van der Waals surface area contributed by atoms with Crippen LogP contribution in [0.15, 0.2) is 66.0 Å². The highest BCUT2D eigenvalue weighted by atomic mass is 32.2. The molecule has 1 aromatic heterocycles. The largest absolute Gasteiger partial charge is 0.390 e. The Morgan fingerprint density at radius 2 is 1.82 bits per heavy atom. The first kappa shape index (κ1) is 19.7. The Kier molecular flexibility index (Phi) is 6.46. The molecule has 1 heterocycles. The van der Waals surface area contributed by atoms with Crippen molar-refractivity contribution in [2.24, 2.45) is 5.73 Å². The lowest BCUT2D eigenvalue weighted by molar-refractivity contribution is -0.113. The van der Waals surface area contributed by atoms with Gasteiger partial charge in [-0.05, 0) is 29.8 Å². The number of anilines is 1. The normalized spacial score (nSPS) is 10.6. The zero-order valence-corrected chi connectivity index (χ0v) is 15.9. The minimum atomic E-state index is -0.515. The van der Waals surface area contributed by atoms with Gasteiger partial charge in [0.15, 0.2) is 5.16 Å². The summed E-state index contributed by atoms with van der Waals surface area (Å²) in [6.07, 6.45) is 1.79. The van der Waals surface area contributed by atoms with Gasteiger partial charge in [0, 0.05) is 24.0 Å². The van der Waals surface area contributed by atoms with E-state index in [1.165, 1.54) is 11.8 Å². The van der Waals surface area contributed by atoms with Crippen LogP contribution >= 0.6 is 11.8 Å². The molecule has 8 heteroatoms. The lowest BCUT2D eigenvalue weighted by Gasteiger charge is -2.08. The van der Waals surface area contributed by atoms with Crippen molar-refractivity contribution >= 4 is 29.3 Å². The number of nitrogens with two attached hydrogens (primary N) is 1. The molecule has 7 nitrogen and oxygen atoms in total. The molecule has 0 saturated carbocycles. The topological polar surface area (TPSA) is 110 Å². The fourth-order valence-electron chi connectivity index (χ4n) is 2.58. The number of hydrogen-bond acceptors (Lipinski definition) is 5. The molecule has 3 rings (SSSR count). The minimum absolute atomic E-state index is 0.159. The third-order valence-corrected chi connectivity index (χ3v) is 4.92. The number of nitrogens with one attached hydrogen (secondary N) is 1. The second kappa shape index (κ2) is 9.20. The maximum absolute atomic E-state index is 12.2. The van der Waals surface area contributed by atoms with E-state index in [2.05, 4.69) is 10.3 Å². The van der Waals surface area contributed by atoms with Gasteiger partial charge in [0.05, 0.1) is 18.1 Å². The maximum atomic E-state index is 12.2. The Morgan fingerprint density at radius 3 is 2.46 bits per heavy atom. The van der Waals surface area contributed by atoms with Crippen molar-refractivity contribution < 1.29 is 14.7 Å². The van der Waals surface area contributed by atoms with Crippen molar-refractivity contribution in [1.82, 2.24) is 9.55 Å². The van der Waals surface area contributed by atoms with Crippen LogP contribution in [0.1, 0.15) is 21.6 Å². The summed E-state index contributed by atoms with van der Waals surface area (Å²) in [5.74, 6) is -0.552. The number of carbonyl (C=O) groups is 2. The van der Waals surface area contributed by atoms with Crippen molar-refractivity contribution in [2.75, 3.05) is 11.1 Å². The van der Waals surface area contributed by atoms with Gasteiger partial charge in [-0.3, -0.25) is 9.59 Å². The number of carbonyl (C=O) groups excluding carboxylic acids is 2. The van der Waals surface area contributed by atoms with E-state index >= 15 is 0 Å². The number of primary amides is 1. The summed E-state index contributed by atoms with van der Waals surface area (Å²) in [5.41, 5.74) is 7.83. The second-order valence-corrected chi connectivity index (χ2v) is 7.01. The van der Waals surface area contributed by atoms with Crippen molar-refractivity contribution in [3.63, 3.8) is 0 Å². The van der Waals surface area contributed by atoms with Crippen LogP contribution in [0.4, 0.5) is 5.69 Å². The standard InChI is InChI=1S/C20H20N4O3S/c21-19(27)15-6-8-16(9-7-15)22-18(26)13-28-20-23-17(12-25)11-24(20)10-14-4-2-1-3-5-14/h1-9,11,25H,10,12-13H2,(H2,21,27)(H,22,26). The molecule has 2 aromatic carbocycles. The predicted octanol–water partition coefficient (Wildman–Crippen LogP) is 2.25. The first-order chi connectivity index (χ1) is 13.5. The van der Waals surface area contributed by atoms with Gasteiger partial charge in [0.2, 0.25) is 11.8 Å². The zero-order valence-electron chi connectivity index (χ0n) is 15.0. The smallest absolute Gasteiger partial charge is 0.248 e. The van der Waals surface area contributed by atoms with Gasteiger partial charge in [0.1, 0.15) is 0 Å². The van der Waals surface area contributed by atoms with E-state index in [0.29, 0.717) is 28.6 Å². The summed E-state index contributed by atoms with van der Waals surface area (Å²) in [7, 11) is 0. The van der Waals surface area contributed by atoms with Gasteiger partial charge in [-0.2, -0.15) is 0 Å². The van der Waals surface area contributed by atoms with Crippen molar-refractivity contribution in [1.29, 1.82) is 0 Å². The van der Waals surface area contributed by atoms with Gasteiger partial charge in [-0.25, -0.2) is 4.98 Å². The number of aromatic nitrogens is 2. The summed E-state index contributed by atoms with van der Waals surface area (Å²) in [4.78, 5) is 27.7. The van der Waals surface area contributed by atoms with E-state index in [1.54, 1.807) is 30.5 Å². The highest BCUT2D eigenvalue weighted by Crippen LogP contribution is 2.20. The van der Waals surface area contributed by atoms with E-state index in [4.69, 9.17) is 5.73 Å². The van der Waals surface area contributed by atoms with Crippen LogP contribution in [0.2, 0.25) is 0 Å². The lowest BCUT2D eigenvalue weighted by Crippen LogP contribution is -2.15. The third-order valence-electron chi connectivity index (χ3n) is 3.93. The lowest BCUT2D eigenvalue weighted by atomic mass is 10.2. The summed E-state index contributed by atoms with van der Waals surface area (Å²) in [6, 6.07) is 16.3. The number of imidazole rings is 1. The number of benzene rings is 2. The number of thioether (sulfide) groups is 1. The van der Waals surface area contributed by atoms with Crippen LogP contribution in [0, 0.1) is 0 Å². The van der Waals surface area contributed by atoms with Crippen LogP contribution in [0.5, 0.6) is 0 Å². The number of nitrogens with zero attached hydrogens (tertiary/aromatic N) is 2. The van der Waals surface area contributed by atoms with Crippen LogP contribution < -0.4 is 11.1 Å². The summed E-state index contributed by atoms with van der Waals surface area (Å²) < 4.78 is 1.92. The third kappa shape index (κ3) is 5.21. The summed E-state index contributed by atoms with van der Waals surface area (Å²) >= 11 is 1.29. The predicted molar refractivity (Wildman–Crippen MR) is 108 cm³/mol. The zero-order chi connectivity index (χ0) is 19.9. The molecule has 0 aliphatic rings. The van der Waals surface area contributed by atoms with Crippen LogP contribution in [0.3, 0.4) is 0 Å². The Labute approximate surface area is 166 Å². The average Bonchev–Trinajstić information content (AvgIpc) is 3.09. The first-order valence-corrected chi connectivity index (χ1v) is 9.57. The molecule has 0 fully saturated rings. The highest BCUT2D eigenvalue weighted by Gasteiger charge is 2.12. The molecule has 2 amide bonds. The molecule has 0 saturated heterocycles. The summed E-state index contributed by atoms with van der Waals surface area (Å²) in [6.45, 7) is 0.445. The van der Waals surface area contributed by atoms with Crippen molar-refractivity contribution in [3.05, 3.63) is 77.6 Å². The Hall–Kier alpha value is -3.10. The number of rotatable bonds is 8. The molecule has 0 unspecified atom stereocenters. The molecule has 0 atom stereocenters. The number of aliphatic hydroxyl groups excluding tert-OH is 1. The quantitative estimate of drug-likeness (QED) is 0.506. The fraction of sp³-hybridized carbons (Fsp3) is 0.150. The van der Waals surface area contributed by atoms with Crippen LogP contribution in [0.25, 0.3) is 0 Å². The minimum Gasteiger partial charge on any atom is -0.390 e. The van der Waals surface area contributed by atoms with Crippen LogP contribution in [-0.2, 0) is 17.9 Å². The first-order valence-electron chi connectivity index (χ1n) is 8.58. The monoisotopic (exact) mass is 396 g/mol. The molecular weight excluding hydrogens is 376 g/mol. The number of hydrogen-bond donors (Lipinski definition) is 3. The summed E-state index contributed by atoms with van der Waals surface area (Å²) in [5, 5.41) is 12.8. The maximum Gasteiger partial charge on any atom is 0.248 e. The van der Waals surface area contributed by atoms with Crippen molar-refractivity contribution in [2.45, 2.75) is 18.3 Å². The molecule has 0 spiro atoms. The SMILES string of the molecule is NC(=O)c1ccc(NC(=O)CSc2nc(CO)cn2Cc2ccccc2)cc1. The fourth-order valence-corrected chi connectivity index (χ4v) is 3.38. The molecule has 3 aromatic rings. The molecule has 0 radical (unpaired) electrons. The molecule has 0 aliphatic heterocycles. The molecule has 144 valence electrons. The van der Waals surface area contributed by atoms with E-state index in [9.17, 15) is 14.7 Å². The van der Waals surface area contributed by atoms with Crippen LogP contribution in [-0.4, -0.2) is 32.2 Å². The molecule has 4 N–H and O–H groups in total. The molecule has 0 aliphatic carbocycles. The van der Waals surface area contributed by atoms with E-state index < -0.39 is 5.91 Å². The molecule has 0 bridgehead atoms. The highest BCUT2D eigenvalue weighted by molar-refractivity contribution is 7.99. The number of aliphatic hydroxyl groups is 1. The number of amides is 2. The van der Waals surface area contributed by atoms with E-state index in [-0.39, 0.29) is 18.3 Å².